The lowest BCUT2D eigenvalue weighted by Crippen LogP contribution is -2.02. The van der Waals surface area contributed by atoms with Gasteiger partial charge >= 0.3 is 0 Å². The minimum atomic E-state index is -0.312. The van der Waals surface area contributed by atoms with Crippen molar-refractivity contribution in [2.75, 3.05) is 5.32 Å². The Kier molecular flexibility index (Phi) is 3.77. The van der Waals surface area contributed by atoms with Crippen LogP contribution < -0.4 is 5.32 Å². The summed E-state index contributed by atoms with van der Waals surface area (Å²) in [5.74, 6) is 0.0632. The zero-order chi connectivity index (χ0) is 13.1. The van der Waals surface area contributed by atoms with Crippen molar-refractivity contribution in [3.8, 4) is 0 Å². The van der Waals surface area contributed by atoms with E-state index in [2.05, 4.69) is 15.3 Å². The maximum atomic E-state index is 13.0. The van der Waals surface area contributed by atoms with E-state index in [0.29, 0.717) is 16.8 Å². The summed E-state index contributed by atoms with van der Waals surface area (Å²) in [7, 11) is 0. The highest BCUT2D eigenvalue weighted by Gasteiger charge is 2.08. The smallest absolute Gasteiger partial charge is 0.228 e. The van der Waals surface area contributed by atoms with Crippen LogP contribution in [-0.2, 0) is 6.42 Å². The first-order valence-electron chi connectivity index (χ1n) is 5.65. The molecule has 0 fully saturated rings. The number of nitrogens with zero attached hydrogens (tertiary/aromatic N) is 2. The van der Waals surface area contributed by atoms with E-state index in [4.69, 9.17) is 11.6 Å². The van der Waals surface area contributed by atoms with Gasteiger partial charge in [0, 0.05) is 16.9 Å². The maximum Gasteiger partial charge on any atom is 0.228 e. The largest absolute Gasteiger partial charge is 0.324 e. The zero-order valence-corrected chi connectivity index (χ0v) is 10.9. The highest BCUT2D eigenvalue weighted by Crippen LogP contribution is 2.21. The van der Waals surface area contributed by atoms with Gasteiger partial charge in [-0.2, -0.15) is 0 Å². The summed E-state index contributed by atoms with van der Waals surface area (Å²) in [4.78, 5) is 8.45. The fourth-order valence-electron chi connectivity index (χ4n) is 1.71. The lowest BCUT2D eigenvalue weighted by atomic mass is 10.2. The van der Waals surface area contributed by atoms with Crippen molar-refractivity contribution in [3.05, 3.63) is 46.5 Å². The fraction of sp³-hybridized carbons (Fsp3) is 0.231. The minimum Gasteiger partial charge on any atom is -0.324 e. The number of halogens is 2. The molecule has 0 bridgehead atoms. The summed E-state index contributed by atoms with van der Waals surface area (Å²) in [5.41, 5.74) is 2.35. The van der Waals surface area contributed by atoms with Gasteiger partial charge in [0.05, 0.1) is 0 Å². The molecule has 0 aliphatic carbocycles. The Morgan fingerprint density at radius 2 is 2.11 bits per heavy atom. The van der Waals surface area contributed by atoms with E-state index in [1.54, 1.807) is 12.1 Å². The minimum absolute atomic E-state index is 0.312. The van der Waals surface area contributed by atoms with Gasteiger partial charge in [-0.05, 0) is 31.5 Å². The molecular weight excluding hydrogens is 253 g/mol. The van der Waals surface area contributed by atoms with Crippen LogP contribution in [0, 0.1) is 12.7 Å². The summed E-state index contributed by atoms with van der Waals surface area (Å²) in [6.45, 7) is 3.88. The average Bonchev–Trinajstić information content (AvgIpc) is 2.28. The highest BCUT2D eigenvalue weighted by molar-refractivity contribution is 6.30. The molecule has 5 heteroatoms. The Bertz CT molecular complexity index is 549. The van der Waals surface area contributed by atoms with E-state index >= 15 is 0 Å². The molecule has 0 aliphatic rings. The summed E-state index contributed by atoms with van der Waals surface area (Å²) in [6.07, 6.45) is 0.783. The van der Waals surface area contributed by atoms with Gasteiger partial charge in [-0.3, -0.25) is 0 Å². The number of aryl methyl sites for hydroxylation is 1. The van der Waals surface area contributed by atoms with Gasteiger partial charge in [-0.15, -0.1) is 0 Å². The van der Waals surface area contributed by atoms with Gasteiger partial charge < -0.3 is 5.32 Å². The number of hydrogen-bond donors (Lipinski definition) is 1. The van der Waals surface area contributed by atoms with Gasteiger partial charge in [0.1, 0.15) is 11.0 Å². The van der Waals surface area contributed by atoms with Crippen LogP contribution in [0.5, 0.6) is 0 Å². The van der Waals surface area contributed by atoms with Crippen LogP contribution in [0.2, 0.25) is 5.15 Å². The molecule has 1 aromatic heterocycles. The van der Waals surface area contributed by atoms with Crippen molar-refractivity contribution < 1.29 is 4.39 Å². The van der Waals surface area contributed by atoms with Crippen molar-refractivity contribution in [1.29, 1.82) is 0 Å². The molecule has 0 radical (unpaired) electrons. The van der Waals surface area contributed by atoms with Crippen LogP contribution in [0.25, 0.3) is 0 Å². The topological polar surface area (TPSA) is 37.8 Å². The predicted molar refractivity (Wildman–Crippen MR) is 70.8 cm³/mol. The van der Waals surface area contributed by atoms with Crippen molar-refractivity contribution in [2.45, 2.75) is 20.3 Å². The van der Waals surface area contributed by atoms with E-state index < -0.39 is 0 Å². The first kappa shape index (κ1) is 12.8. The third-order valence-corrected chi connectivity index (χ3v) is 2.91. The Balaban J connectivity index is 2.30. The number of rotatable bonds is 3. The lowest BCUT2D eigenvalue weighted by Gasteiger charge is -2.09. The summed E-state index contributed by atoms with van der Waals surface area (Å²) in [6, 6.07) is 6.11. The fourth-order valence-corrected chi connectivity index (χ4v) is 2.06. The molecule has 2 aromatic rings. The maximum absolute atomic E-state index is 13.0. The van der Waals surface area contributed by atoms with Crippen molar-refractivity contribution in [3.63, 3.8) is 0 Å². The number of benzene rings is 1. The molecule has 1 N–H and O–H groups in total. The Hall–Kier alpha value is -1.68. The van der Waals surface area contributed by atoms with Crippen molar-refractivity contribution in [2.24, 2.45) is 0 Å². The van der Waals surface area contributed by atoms with Crippen LogP contribution in [0.3, 0.4) is 0 Å². The van der Waals surface area contributed by atoms with Crippen molar-refractivity contribution >= 4 is 23.2 Å². The van der Waals surface area contributed by atoms with E-state index in [1.165, 1.54) is 12.1 Å². The third kappa shape index (κ3) is 2.76. The number of hydrogen-bond acceptors (Lipinski definition) is 3. The molecular formula is C13H13ClFN3. The number of nitrogens with one attached hydrogen (secondary N) is 1. The Morgan fingerprint density at radius 1 is 1.33 bits per heavy atom. The van der Waals surface area contributed by atoms with Crippen LogP contribution in [0.1, 0.15) is 18.2 Å². The Morgan fingerprint density at radius 3 is 2.72 bits per heavy atom. The van der Waals surface area contributed by atoms with E-state index in [1.807, 2.05) is 13.8 Å². The SMILES string of the molecule is CCc1c(C)nc(Nc2cccc(F)c2)nc1Cl. The van der Waals surface area contributed by atoms with E-state index in [9.17, 15) is 4.39 Å². The molecule has 3 nitrogen and oxygen atoms in total. The number of aromatic nitrogens is 2. The second-order valence-corrected chi connectivity index (χ2v) is 4.25. The average molecular weight is 266 g/mol. The monoisotopic (exact) mass is 265 g/mol. The highest BCUT2D eigenvalue weighted by atomic mass is 35.5. The van der Waals surface area contributed by atoms with Gasteiger partial charge in [-0.25, -0.2) is 14.4 Å². The molecule has 0 spiro atoms. The van der Waals surface area contributed by atoms with Crippen LogP contribution in [-0.4, -0.2) is 9.97 Å². The van der Waals surface area contributed by atoms with Gasteiger partial charge in [0.2, 0.25) is 5.95 Å². The van der Waals surface area contributed by atoms with E-state index in [-0.39, 0.29) is 5.82 Å². The number of anilines is 2. The molecule has 0 unspecified atom stereocenters. The molecule has 94 valence electrons. The molecule has 0 saturated heterocycles. The summed E-state index contributed by atoms with van der Waals surface area (Å²) in [5, 5.41) is 3.37. The standard InChI is InChI=1S/C13H13ClFN3/c1-3-11-8(2)16-13(18-12(11)14)17-10-6-4-5-9(15)7-10/h4-7H,3H2,1-2H3,(H,16,17,18). The normalized spacial score (nSPS) is 10.4. The predicted octanol–water partition coefficient (Wildman–Crippen LogP) is 3.88. The quantitative estimate of drug-likeness (QED) is 0.856. The van der Waals surface area contributed by atoms with Gasteiger partial charge in [-0.1, -0.05) is 24.6 Å². The molecule has 0 amide bonds. The molecule has 1 aromatic carbocycles. The van der Waals surface area contributed by atoms with Crippen LogP contribution in [0.4, 0.5) is 16.0 Å². The molecule has 0 atom stereocenters. The van der Waals surface area contributed by atoms with Crippen LogP contribution in [0.15, 0.2) is 24.3 Å². The second-order valence-electron chi connectivity index (χ2n) is 3.89. The molecule has 0 saturated carbocycles. The third-order valence-electron chi connectivity index (χ3n) is 2.60. The lowest BCUT2D eigenvalue weighted by molar-refractivity contribution is 0.628. The Labute approximate surface area is 110 Å². The molecule has 1 heterocycles. The molecule has 0 aliphatic heterocycles. The van der Waals surface area contributed by atoms with Crippen molar-refractivity contribution in [1.82, 2.24) is 9.97 Å². The molecule has 18 heavy (non-hydrogen) atoms. The van der Waals surface area contributed by atoms with Gasteiger partial charge in [0.25, 0.3) is 0 Å². The first-order chi connectivity index (χ1) is 8.60. The summed E-state index contributed by atoms with van der Waals surface area (Å²) >= 11 is 6.07. The zero-order valence-electron chi connectivity index (χ0n) is 10.2. The van der Waals surface area contributed by atoms with E-state index in [0.717, 1.165) is 17.7 Å². The first-order valence-corrected chi connectivity index (χ1v) is 6.03. The van der Waals surface area contributed by atoms with Gasteiger partial charge in [0.15, 0.2) is 0 Å². The molecule has 2 rings (SSSR count). The second kappa shape index (κ2) is 5.31. The van der Waals surface area contributed by atoms with Crippen LogP contribution >= 0.6 is 11.6 Å². The summed E-state index contributed by atoms with van der Waals surface area (Å²) < 4.78 is 13.0.